The molecule has 1 aromatic carbocycles. The van der Waals surface area contributed by atoms with Crippen molar-refractivity contribution in [3.05, 3.63) is 46.9 Å². The molecule has 1 aromatic heterocycles. The predicted molar refractivity (Wildman–Crippen MR) is 121 cm³/mol. The van der Waals surface area contributed by atoms with Gasteiger partial charge >= 0.3 is 0 Å². The van der Waals surface area contributed by atoms with Crippen LogP contribution in [-0.2, 0) is 17.7 Å². The number of carbonyl (C=O) groups is 1. The second-order valence-corrected chi connectivity index (χ2v) is 9.03. The zero-order valence-electron chi connectivity index (χ0n) is 18.6. The standard InChI is InChI=1S/C24H30FN5O2/c1-17-5-8-28(9-6-17)22-20-16-30(23(31)18-3-2-4-19(25)15-18)10-7-21(20)26-24(27-22)29-11-13-32-14-12-29/h2-4,15,17H,5-14,16H2,1H3. The zero-order valence-corrected chi connectivity index (χ0v) is 18.6. The Morgan fingerprint density at radius 2 is 1.84 bits per heavy atom. The number of amides is 1. The van der Waals surface area contributed by atoms with Crippen LogP contribution in [0, 0.1) is 11.7 Å². The number of ether oxygens (including phenoxy) is 1. The van der Waals surface area contributed by atoms with Crippen molar-refractivity contribution in [3.63, 3.8) is 0 Å². The molecule has 3 aliphatic heterocycles. The molecule has 0 aliphatic carbocycles. The van der Waals surface area contributed by atoms with Crippen molar-refractivity contribution in [1.82, 2.24) is 14.9 Å². The van der Waals surface area contributed by atoms with Crippen LogP contribution in [0.15, 0.2) is 24.3 Å². The summed E-state index contributed by atoms with van der Waals surface area (Å²) in [7, 11) is 0. The molecule has 170 valence electrons. The summed E-state index contributed by atoms with van der Waals surface area (Å²) in [5.74, 6) is 1.90. The van der Waals surface area contributed by atoms with Gasteiger partial charge in [-0.25, -0.2) is 9.37 Å². The van der Waals surface area contributed by atoms with Crippen molar-refractivity contribution < 1.29 is 13.9 Å². The number of nitrogens with zero attached hydrogens (tertiary/aromatic N) is 5. The zero-order chi connectivity index (χ0) is 22.1. The van der Waals surface area contributed by atoms with Crippen LogP contribution in [0.2, 0.25) is 0 Å². The van der Waals surface area contributed by atoms with E-state index in [1.807, 2.05) is 0 Å². The average molecular weight is 440 g/mol. The lowest BCUT2D eigenvalue weighted by Crippen LogP contribution is -2.42. The Morgan fingerprint density at radius 1 is 1.06 bits per heavy atom. The Hall–Kier alpha value is -2.74. The van der Waals surface area contributed by atoms with E-state index in [1.54, 1.807) is 17.0 Å². The predicted octanol–water partition coefficient (Wildman–Crippen LogP) is 2.89. The maximum atomic E-state index is 13.7. The topological polar surface area (TPSA) is 61.8 Å². The Balaban J connectivity index is 1.47. The molecule has 5 rings (SSSR count). The average Bonchev–Trinajstić information content (AvgIpc) is 2.83. The fourth-order valence-electron chi connectivity index (χ4n) is 4.75. The van der Waals surface area contributed by atoms with Crippen molar-refractivity contribution in [2.75, 3.05) is 55.7 Å². The minimum absolute atomic E-state index is 0.148. The molecule has 0 N–H and O–H groups in total. The maximum absolute atomic E-state index is 13.7. The Bertz CT molecular complexity index is 986. The first kappa shape index (κ1) is 21.1. The Kier molecular flexibility index (Phi) is 5.95. The third-order valence-electron chi connectivity index (χ3n) is 6.76. The van der Waals surface area contributed by atoms with E-state index in [9.17, 15) is 9.18 Å². The van der Waals surface area contributed by atoms with E-state index in [0.717, 1.165) is 62.0 Å². The molecule has 0 atom stereocenters. The number of hydrogen-bond acceptors (Lipinski definition) is 6. The van der Waals surface area contributed by atoms with Gasteiger partial charge in [-0.15, -0.1) is 0 Å². The summed E-state index contributed by atoms with van der Waals surface area (Å²) in [6, 6.07) is 5.92. The van der Waals surface area contributed by atoms with Gasteiger partial charge < -0.3 is 19.4 Å². The third-order valence-corrected chi connectivity index (χ3v) is 6.76. The lowest BCUT2D eigenvalue weighted by atomic mass is 9.98. The number of fused-ring (bicyclic) bond motifs is 1. The fraction of sp³-hybridized carbons (Fsp3) is 0.542. The van der Waals surface area contributed by atoms with Gasteiger partial charge in [0.2, 0.25) is 5.95 Å². The molecule has 1 amide bonds. The summed E-state index contributed by atoms with van der Waals surface area (Å²) >= 11 is 0. The molecular weight excluding hydrogens is 409 g/mol. The van der Waals surface area contributed by atoms with Crippen LogP contribution in [0.25, 0.3) is 0 Å². The van der Waals surface area contributed by atoms with Gasteiger partial charge in [-0.05, 0) is 37.0 Å². The molecule has 4 heterocycles. The summed E-state index contributed by atoms with van der Waals surface area (Å²) in [6.07, 6.45) is 2.95. The van der Waals surface area contributed by atoms with E-state index in [-0.39, 0.29) is 5.91 Å². The van der Waals surface area contributed by atoms with Crippen molar-refractivity contribution in [2.45, 2.75) is 32.7 Å². The molecule has 8 heteroatoms. The van der Waals surface area contributed by atoms with Crippen LogP contribution in [0.5, 0.6) is 0 Å². The normalized spacial score (nSPS) is 19.8. The number of rotatable bonds is 3. The van der Waals surface area contributed by atoms with Gasteiger partial charge in [-0.2, -0.15) is 4.98 Å². The highest BCUT2D eigenvalue weighted by Gasteiger charge is 2.30. The highest BCUT2D eigenvalue weighted by Crippen LogP contribution is 2.32. The van der Waals surface area contributed by atoms with Gasteiger partial charge in [-0.3, -0.25) is 4.79 Å². The fourth-order valence-corrected chi connectivity index (χ4v) is 4.75. The molecule has 32 heavy (non-hydrogen) atoms. The number of aromatic nitrogens is 2. The summed E-state index contributed by atoms with van der Waals surface area (Å²) in [5, 5.41) is 0. The molecule has 0 saturated carbocycles. The number of anilines is 2. The first-order valence-electron chi connectivity index (χ1n) is 11.6. The second kappa shape index (κ2) is 9.02. The minimum Gasteiger partial charge on any atom is -0.378 e. The van der Waals surface area contributed by atoms with Crippen LogP contribution < -0.4 is 9.80 Å². The number of carbonyl (C=O) groups excluding carboxylic acids is 1. The SMILES string of the molecule is CC1CCN(c2nc(N3CCOCC3)nc3c2CN(C(=O)c2cccc(F)c2)CC3)CC1. The van der Waals surface area contributed by atoms with Crippen LogP contribution in [0.4, 0.5) is 16.2 Å². The summed E-state index contributed by atoms with van der Waals surface area (Å²) in [4.78, 5) is 29.4. The number of piperidine rings is 1. The minimum atomic E-state index is -0.394. The number of hydrogen-bond donors (Lipinski definition) is 0. The van der Waals surface area contributed by atoms with Gasteiger partial charge in [0.15, 0.2) is 0 Å². The molecule has 3 aliphatic rings. The van der Waals surface area contributed by atoms with Gasteiger partial charge in [0.1, 0.15) is 11.6 Å². The van der Waals surface area contributed by atoms with Gasteiger partial charge in [0, 0.05) is 50.3 Å². The molecule has 0 spiro atoms. The Morgan fingerprint density at radius 3 is 2.59 bits per heavy atom. The second-order valence-electron chi connectivity index (χ2n) is 9.03. The van der Waals surface area contributed by atoms with E-state index in [1.165, 1.54) is 12.1 Å². The largest absolute Gasteiger partial charge is 0.378 e. The molecule has 2 saturated heterocycles. The van der Waals surface area contributed by atoms with Crippen molar-refractivity contribution in [2.24, 2.45) is 5.92 Å². The quantitative estimate of drug-likeness (QED) is 0.733. The van der Waals surface area contributed by atoms with Gasteiger partial charge in [0.05, 0.1) is 25.5 Å². The highest BCUT2D eigenvalue weighted by atomic mass is 19.1. The first-order valence-corrected chi connectivity index (χ1v) is 11.6. The molecule has 2 fully saturated rings. The first-order chi connectivity index (χ1) is 15.6. The maximum Gasteiger partial charge on any atom is 0.254 e. The van der Waals surface area contributed by atoms with Gasteiger partial charge in [-0.1, -0.05) is 13.0 Å². The monoisotopic (exact) mass is 439 g/mol. The number of halogens is 1. The molecule has 2 aromatic rings. The smallest absolute Gasteiger partial charge is 0.254 e. The number of benzene rings is 1. The molecule has 0 bridgehead atoms. The van der Waals surface area contributed by atoms with Crippen molar-refractivity contribution in [1.29, 1.82) is 0 Å². The van der Waals surface area contributed by atoms with E-state index >= 15 is 0 Å². The molecule has 0 radical (unpaired) electrons. The van der Waals surface area contributed by atoms with E-state index < -0.39 is 5.82 Å². The van der Waals surface area contributed by atoms with E-state index in [4.69, 9.17) is 14.7 Å². The highest BCUT2D eigenvalue weighted by molar-refractivity contribution is 5.94. The van der Waals surface area contributed by atoms with Crippen LogP contribution in [0.3, 0.4) is 0 Å². The van der Waals surface area contributed by atoms with Crippen LogP contribution in [0.1, 0.15) is 41.4 Å². The lowest BCUT2D eigenvalue weighted by molar-refractivity contribution is 0.0733. The Labute approximate surface area is 188 Å². The van der Waals surface area contributed by atoms with Crippen LogP contribution in [-0.4, -0.2) is 66.7 Å². The summed E-state index contributed by atoms with van der Waals surface area (Å²) < 4.78 is 19.2. The molecule has 0 unspecified atom stereocenters. The van der Waals surface area contributed by atoms with Crippen molar-refractivity contribution >= 4 is 17.7 Å². The number of morpholine rings is 1. The lowest BCUT2D eigenvalue weighted by Gasteiger charge is -2.37. The third kappa shape index (κ3) is 4.28. The van der Waals surface area contributed by atoms with Gasteiger partial charge in [0.25, 0.3) is 5.91 Å². The van der Waals surface area contributed by atoms with E-state index in [2.05, 4.69) is 16.7 Å². The van der Waals surface area contributed by atoms with Crippen LogP contribution >= 0.6 is 0 Å². The summed E-state index contributed by atoms with van der Waals surface area (Å²) in [6.45, 7) is 8.20. The van der Waals surface area contributed by atoms with Crippen molar-refractivity contribution in [3.8, 4) is 0 Å². The molecular formula is C24H30FN5O2. The summed E-state index contributed by atoms with van der Waals surface area (Å²) in [5.41, 5.74) is 2.44. The van der Waals surface area contributed by atoms with E-state index in [0.29, 0.717) is 44.2 Å². The molecule has 7 nitrogen and oxygen atoms in total.